The lowest BCUT2D eigenvalue weighted by atomic mass is 10.1. The van der Waals surface area contributed by atoms with Gasteiger partial charge in [-0.3, -0.25) is 9.78 Å². The van der Waals surface area contributed by atoms with Gasteiger partial charge in [0.25, 0.3) is 5.91 Å². The van der Waals surface area contributed by atoms with Gasteiger partial charge in [-0.15, -0.1) is 0 Å². The van der Waals surface area contributed by atoms with Crippen molar-refractivity contribution in [3.63, 3.8) is 0 Å². The molecule has 2 aromatic carbocycles. The van der Waals surface area contributed by atoms with Crippen molar-refractivity contribution < 1.29 is 13.9 Å². The number of nitrogens with zero attached hydrogens (tertiary/aromatic N) is 1. The summed E-state index contributed by atoms with van der Waals surface area (Å²) >= 11 is 0. The van der Waals surface area contributed by atoms with Crippen LogP contribution in [0.15, 0.2) is 72.9 Å². The first-order chi connectivity index (χ1) is 12.6. The molecule has 0 radical (unpaired) electrons. The van der Waals surface area contributed by atoms with Crippen LogP contribution in [0.1, 0.15) is 34.6 Å². The third kappa shape index (κ3) is 4.66. The van der Waals surface area contributed by atoms with Crippen molar-refractivity contribution in [1.29, 1.82) is 0 Å². The second kappa shape index (κ2) is 8.25. The van der Waals surface area contributed by atoms with E-state index in [-0.39, 0.29) is 17.8 Å². The minimum absolute atomic E-state index is 0.199. The van der Waals surface area contributed by atoms with E-state index in [0.717, 1.165) is 11.3 Å². The maximum Gasteiger partial charge on any atom is 0.251 e. The number of carbonyl (C=O) groups is 1. The summed E-state index contributed by atoms with van der Waals surface area (Å²) in [6, 6.07) is 18.5. The average molecular weight is 350 g/mol. The minimum Gasteiger partial charge on any atom is -0.489 e. The Morgan fingerprint density at radius 1 is 1.12 bits per heavy atom. The van der Waals surface area contributed by atoms with Gasteiger partial charge in [0.2, 0.25) is 0 Å². The zero-order valence-electron chi connectivity index (χ0n) is 14.4. The molecule has 0 aliphatic carbocycles. The van der Waals surface area contributed by atoms with E-state index in [9.17, 15) is 9.18 Å². The highest BCUT2D eigenvalue weighted by molar-refractivity contribution is 5.94. The fourth-order valence-corrected chi connectivity index (χ4v) is 2.46. The Balaban J connectivity index is 1.62. The number of hydrogen-bond donors (Lipinski definition) is 1. The zero-order valence-corrected chi connectivity index (χ0v) is 14.4. The van der Waals surface area contributed by atoms with Gasteiger partial charge in [-0.25, -0.2) is 4.39 Å². The number of nitrogens with one attached hydrogen (secondary N) is 1. The molecule has 132 valence electrons. The molecule has 1 aromatic heterocycles. The molecule has 1 unspecified atom stereocenters. The molecule has 1 heterocycles. The Hall–Kier alpha value is -3.21. The topological polar surface area (TPSA) is 51.2 Å². The molecular weight excluding hydrogens is 331 g/mol. The quantitative estimate of drug-likeness (QED) is 0.721. The van der Waals surface area contributed by atoms with E-state index in [1.165, 1.54) is 12.1 Å². The third-order valence-electron chi connectivity index (χ3n) is 3.89. The van der Waals surface area contributed by atoms with E-state index >= 15 is 0 Å². The van der Waals surface area contributed by atoms with E-state index in [1.54, 1.807) is 42.6 Å². The molecule has 0 bridgehead atoms. The van der Waals surface area contributed by atoms with Crippen LogP contribution in [0.3, 0.4) is 0 Å². The van der Waals surface area contributed by atoms with Crippen molar-refractivity contribution >= 4 is 5.91 Å². The minimum atomic E-state index is -0.283. The van der Waals surface area contributed by atoms with Gasteiger partial charge in [-0.1, -0.05) is 24.3 Å². The highest BCUT2D eigenvalue weighted by Gasteiger charge is 2.12. The van der Waals surface area contributed by atoms with Crippen LogP contribution in [0.4, 0.5) is 4.39 Å². The number of hydrogen-bond acceptors (Lipinski definition) is 3. The lowest BCUT2D eigenvalue weighted by Crippen LogP contribution is -2.27. The van der Waals surface area contributed by atoms with E-state index in [2.05, 4.69) is 10.3 Å². The highest BCUT2D eigenvalue weighted by Crippen LogP contribution is 2.17. The number of pyridine rings is 1. The first-order valence-corrected chi connectivity index (χ1v) is 8.31. The molecule has 0 spiro atoms. The van der Waals surface area contributed by atoms with Crippen molar-refractivity contribution in [3.05, 3.63) is 95.6 Å². The van der Waals surface area contributed by atoms with Gasteiger partial charge in [0.05, 0.1) is 11.7 Å². The maximum absolute atomic E-state index is 12.9. The molecule has 0 saturated heterocycles. The van der Waals surface area contributed by atoms with Gasteiger partial charge in [-0.2, -0.15) is 0 Å². The molecule has 4 nitrogen and oxygen atoms in total. The van der Waals surface area contributed by atoms with Crippen LogP contribution >= 0.6 is 0 Å². The highest BCUT2D eigenvalue weighted by atomic mass is 19.1. The van der Waals surface area contributed by atoms with Crippen molar-refractivity contribution in [2.75, 3.05) is 0 Å². The first-order valence-electron chi connectivity index (χ1n) is 8.31. The summed E-state index contributed by atoms with van der Waals surface area (Å²) < 4.78 is 18.6. The van der Waals surface area contributed by atoms with Crippen molar-refractivity contribution in [1.82, 2.24) is 10.3 Å². The Bertz CT molecular complexity index is 867. The number of aromatic nitrogens is 1. The predicted molar refractivity (Wildman–Crippen MR) is 97.3 cm³/mol. The van der Waals surface area contributed by atoms with E-state index in [4.69, 9.17) is 4.74 Å². The number of rotatable bonds is 6. The van der Waals surface area contributed by atoms with E-state index in [1.807, 2.05) is 25.1 Å². The van der Waals surface area contributed by atoms with E-state index in [0.29, 0.717) is 17.9 Å². The van der Waals surface area contributed by atoms with Crippen molar-refractivity contribution in [2.24, 2.45) is 0 Å². The molecule has 3 aromatic rings. The number of amides is 1. The molecule has 0 fully saturated rings. The summed E-state index contributed by atoms with van der Waals surface area (Å²) in [7, 11) is 0. The second-order valence-corrected chi connectivity index (χ2v) is 5.89. The molecular formula is C21H19FN2O2. The Kier molecular flexibility index (Phi) is 5.59. The normalized spacial score (nSPS) is 11.6. The lowest BCUT2D eigenvalue weighted by molar-refractivity contribution is 0.0938. The molecule has 26 heavy (non-hydrogen) atoms. The van der Waals surface area contributed by atoms with Crippen molar-refractivity contribution in [2.45, 2.75) is 19.6 Å². The largest absolute Gasteiger partial charge is 0.489 e. The molecule has 0 aliphatic heterocycles. The van der Waals surface area contributed by atoms with Crippen LogP contribution < -0.4 is 10.1 Å². The monoisotopic (exact) mass is 350 g/mol. The van der Waals surface area contributed by atoms with Gasteiger partial charge < -0.3 is 10.1 Å². The van der Waals surface area contributed by atoms with Crippen LogP contribution in [0.25, 0.3) is 0 Å². The third-order valence-corrected chi connectivity index (χ3v) is 3.89. The summed E-state index contributed by atoms with van der Waals surface area (Å²) in [6.45, 7) is 2.19. The van der Waals surface area contributed by atoms with Gasteiger partial charge in [0, 0.05) is 11.8 Å². The number of carbonyl (C=O) groups excluding carboxylic acids is 1. The molecule has 5 heteroatoms. The summed E-state index contributed by atoms with van der Waals surface area (Å²) in [5, 5.41) is 2.92. The van der Waals surface area contributed by atoms with Gasteiger partial charge >= 0.3 is 0 Å². The van der Waals surface area contributed by atoms with Gasteiger partial charge in [-0.05, 0) is 55.0 Å². The summed E-state index contributed by atoms with van der Waals surface area (Å²) in [5.41, 5.74) is 2.15. The Labute approximate surface area is 151 Å². The predicted octanol–water partition coefficient (Wildman–Crippen LogP) is 4.29. The summed E-state index contributed by atoms with van der Waals surface area (Å²) in [5.74, 6) is 0.0947. The van der Waals surface area contributed by atoms with Crippen LogP contribution in [0.2, 0.25) is 0 Å². The fraction of sp³-hybridized carbons (Fsp3) is 0.143. The SMILES string of the molecule is CC(NC(=O)c1cccc(OCc2ccc(F)cc2)c1)c1ccccn1. The molecule has 0 saturated carbocycles. The van der Waals surface area contributed by atoms with Crippen LogP contribution in [-0.4, -0.2) is 10.9 Å². The molecule has 1 atom stereocenters. The maximum atomic E-state index is 12.9. The smallest absolute Gasteiger partial charge is 0.251 e. The zero-order chi connectivity index (χ0) is 18.4. The van der Waals surface area contributed by atoms with Crippen LogP contribution in [0.5, 0.6) is 5.75 Å². The van der Waals surface area contributed by atoms with E-state index < -0.39 is 0 Å². The van der Waals surface area contributed by atoms with Gasteiger partial charge in [0.15, 0.2) is 0 Å². The Morgan fingerprint density at radius 2 is 1.92 bits per heavy atom. The summed E-state index contributed by atoms with van der Waals surface area (Å²) in [6.07, 6.45) is 1.70. The Morgan fingerprint density at radius 3 is 2.65 bits per heavy atom. The van der Waals surface area contributed by atoms with Crippen LogP contribution in [-0.2, 0) is 6.61 Å². The standard InChI is InChI=1S/C21H19FN2O2/c1-15(20-7-2-3-12-23-20)24-21(25)17-5-4-6-19(13-17)26-14-16-8-10-18(22)11-9-16/h2-13,15H,14H2,1H3,(H,24,25). The van der Waals surface area contributed by atoms with Gasteiger partial charge in [0.1, 0.15) is 18.2 Å². The summed E-state index contributed by atoms with van der Waals surface area (Å²) in [4.78, 5) is 16.7. The average Bonchev–Trinajstić information content (AvgIpc) is 2.68. The fourth-order valence-electron chi connectivity index (χ4n) is 2.46. The molecule has 3 rings (SSSR count). The lowest BCUT2D eigenvalue weighted by Gasteiger charge is -2.14. The molecule has 1 N–H and O–H groups in total. The second-order valence-electron chi connectivity index (χ2n) is 5.89. The molecule has 1 amide bonds. The first kappa shape index (κ1) is 17.6. The van der Waals surface area contributed by atoms with Crippen molar-refractivity contribution in [3.8, 4) is 5.75 Å². The number of halogens is 1. The van der Waals surface area contributed by atoms with Crippen LogP contribution in [0, 0.1) is 5.82 Å². The molecule has 0 aliphatic rings. The number of ether oxygens (including phenoxy) is 1. The number of benzene rings is 2.